The standard InChI is InChI=1S/C9H11ClO3S/c1-7-3-4-8(5-9(7)13-2)6-14(10,11)12/h3-5H,6H2,1-2H3. The predicted molar refractivity (Wildman–Crippen MR) is 56.2 cm³/mol. The number of benzene rings is 1. The van der Waals surface area contributed by atoms with Crippen molar-refractivity contribution in [2.24, 2.45) is 0 Å². The van der Waals surface area contributed by atoms with Crippen LogP contribution in [0.3, 0.4) is 0 Å². The number of ether oxygens (including phenoxy) is 1. The van der Waals surface area contributed by atoms with Crippen molar-refractivity contribution in [2.45, 2.75) is 12.7 Å². The highest BCUT2D eigenvalue weighted by atomic mass is 35.7. The summed E-state index contributed by atoms with van der Waals surface area (Å²) in [6.45, 7) is 1.89. The number of hydrogen-bond acceptors (Lipinski definition) is 3. The molecule has 0 amide bonds. The molecule has 0 bridgehead atoms. The molecule has 0 fully saturated rings. The predicted octanol–water partition coefficient (Wildman–Crippen LogP) is 2.07. The lowest BCUT2D eigenvalue weighted by molar-refractivity contribution is 0.411. The molecular formula is C9H11ClO3S. The molecule has 0 N–H and O–H groups in total. The lowest BCUT2D eigenvalue weighted by Crippen LogP contribution is -1.96. The first-order chi connectivity index (χ1) is 6.42. The van der Waals surface area contributed by atoms with Crippen LogP contribution in [0.5, 0.6) is 5.75 Å². The van der Waals surface area contributed by atoms with Gasteiger partial charge in [0.2, 0.25) is 9.05 Å². The van der Waals surface area contributed by atoms with Crippen LogP contribution in [0.15, 0.2) is 18.2 Å². The second-order valence-corrected chi connectivity index (χ2v) is 5.76. The molecule has 0 saturated carbocycles. The quantitative estimate of drug-likeness (QED) is 0.752. The monoisotopic (exact) mass is 234 g/mol. The van der Waals surface area contributed by atoms with Gasteiger partial charge < -0.3 is 4.74 Å². The minimum Gasteiger partial charge on any atom is -0.496 e. The Bertz CT molecular complexity index is 426. The van der Waals surface area contributed by atoms with E-state index in [9.17, 15) is 8.42 Å². The summed E-state index contributed by atoms with van der Waals surface area (Å²) in [5.74, 6) is 0.494. The van der Waals surface area contributed by atoms with E-state index in [-0.39, 0.29) is 5.75 Å². The molecular weight excluding hydrogens is 224 g/mol. The molecule has 0 aliphatic heterocycles. The van der Waals surface area contributed by atoms with E-state index >= 15 is 0 Å². The Morgan fingerprint density at radius 1 is 1.43 bits per heavy atom. The van der Waals surface area contributed by atoms with Gasteiger partial charge in [-0.25, -0.2) is 8.42 Å². The van der Waals surface area contributed by atoms with Crippen molar-refractivity contribution in [1.29, 1.82) is 0 Å². The maximum Gasteiger partial charge on any atom is 0.236 e. The Labute approximate surface area is 88.1 Å². The normalized spacial score (nSPS) is 11.4. The second-order valence-electron chi connectivity index (χ2n) is 2.99. The van der Waals surface area contributed by atoms with Crippen LogP contribution in [-0.2, 0) is 14.8 Å². The molecule has 3 nitrogen and oxygen atoms in total. The molecule has 0 heterocycles. The Morgan fingerprint density at radius 3 is 2.57 bits per heavy atom. The fraction of sp³-hybridized carbons (Fsp3) is 0.333. The Balaban J connectivity index is 3.01. The lowest BCUT2D eigenvalue weighted by atomic mass is 10.1. The van der Waals surface area contributed by atoms with Crippen LogP contribution in [0.4, 0.5) is 0 Å². The molecule has 0 spiro atoms. The van der Waals surface area contributed by atoms with Crippen LogP contribution in [-0.4, -0.2) is 15.5 Å². The number of hydrogen-bond donors (Lipinski definition) is 0. The minimum atomic E-state index is -3.50. The molecule has 0 aliphatic rings. The summed E-state index contributed by atoms with van der Waals surface area (Å²) in [5, 5.41) is 0. The van der Waals surface area contributed by atoms with E-state index in [4.69, 9.17) is 15.4 Å². The molecule has 0 atom stereocenters. The van der Waals surface area contributed by atoms with E-state index in [0.29, 0.717) is 11.3 Å². The molecule has 78 valence electrons. The van der Waals surface area contributed by atoms with E-state index in [0.717, 1.165) is 5.56 Å². The Hall–Kier alpha value is -0.740. The Morgan fingerprint density at radius 2 is 2.07 bits per heavy atom. The van der Waals surface area contributed by atoms with Gasteiger partial charge in [0, 0.05) is 10.7 Å². The zero-order valence-electron chi connectivity index (χ0n) is 7.95. The number of rotatable bonds is 3. The van der Waals surface area contributed by atoms with Crippen molar-refractivity contribution < 1.29 is 13.2 Å². The molecule has 1 aromatic rings. The van der Waals surface area contributed by atoms with Crippen molar-refractivity contribution in [3.05, 3.63) is 29.3 Å². The van der Waals surface area contributed by atoms with Gasteiger partial charge in [-0.2, -0.15) is 0 Å². The molecule has 1 rings (SSSR count). The van der Waals surface area contributed by atoms with Gasteiger partial charge in [-0.05, 0) is 24.1 Å². The maximum absolute atomic E-state index is 10.8. The summed E-state index contributed by atoms with van der Waals surface area (Å²) in [6.07, 6.45) is 0. The first-order valence-electron chi connectivity index (χ1n) is 3.98. The minimum absolute atomic E-state index is 0.175. The van der Waals surface area contributed by atoms with Gasteiger partial charge in [-0.1, -0.05) is 12.1 Å². The van der Waals surface area contributed by atoms with Crippen molar-refractivity contribution in [3.63, 3.8) is 0 Å². The van der Waals surface area contributed by atoms with Crippen molar-refractivity contribution in [3.8, 4) is 5.75 Å². The molecule has 1 aromatic carbocycles. The van der Waals surface area contributed by atoms with Crippen LogP contribution >= 0.6 is 10.7 Å². The summed E-state index contributed by atoms with van der Waals surface area (Å²) in [4.78, 5) is 0. The van der Waals surface area contributed by atoms with E-state index in [1.54, 1.807) is 25.3 Å². The molecule has 0 unspecified atom stereocenters. The largest absolute Gasteiger partial charge is 0.496 e. The van der Waals surface area contributed by atoms with Gasteiger partial charge in [0.15, 0.2) is 0 Å². The zero-order valence-corrected chi connectivity index (χ0v) is 9.52. The summed E-state index contributed by atoms with van der Waals surface area (Å²) >= 11 is 0. The second kappa shape index (κ2) is 4.19. The van der Waals surface area contributed by atoms with Gasteiger partial charge in [0.05, 0.1) is 12.9 Å². The smallest absolute Gasteiger partial charge is 0.236 e. The van der Waals surface area contributed by atoms with Crippen LogP contribution in [0, 0.1) is 6.92 Å². The average molecular weight is 235 g/mol. The molecule has 14 heavy (non-hydrogen) atoms. The summed E-state index contributed by atoms with van der Waals surface area (Å²) in [7, 11) is 3.18. The van der Waals surface area contributed by atoms with Gasteiger partial charge in [0.25, 0.3) is 0 Å². The fourth-order valence-electron chi connectivity index (χ4n) is 1.15. The fourth-order valence-corrected chi connectivity index (χ4v) is 2.11. The summed E-state index contributed by atoms with van der Waals surface area (Å²) in [6, 6.07) is 5.20. The van der Waals surface area contributed by atoms with Crippen molar-refractivity contribution in [1.82, 2.24) is 0 Å². The van der Waals surface area contributed by atoms with E-state index in [1.165, 1.54) is 0 Å². The van der Waals surface area contributed by atoms with Crippen molar-refractivity contribution >= 4 is 19.7 Å². The molecule has 0 aromatic heterocycles. The lowest BCUT2D eigenvalue weighted by Gasteiger charge is -2.06. The van der Waals surface area contributed by atoms with Crippen LogP contribution in [0.2, 0.25) is 0 Å². The highest BCUT2D eigenvalue weighted by Crippen LogP contribution is 2.20. The van der Waals surface area contributed by atoms with E-state index < -0.39 is 9.05 Å². The van der Waals surface area contributed by atoms with Gasteiger partial charge >= 0.3 is 0 Å². The first kappa shape index (κ1) is 11.3. The Kier molecular flexibility index (Phi) is 3.39. The van der Waals surface area contributed by atoms with Crippen molar-refractivity contribution in [2.75, 3.05) is 7.11 Å². The topological polar surface area (TPSA) is 43.4 Å². The maximum atomic E-state index is 10.8. The van der Waals surface area contributed by atoms with Gasteiger partial charge in [-0.3, -0.25) is 0 Å². The third-order valence-corrected chi connectivity index (χ3v) is 2.82. The van der Waals surface area contributed by atoms with Crippen LogP contribution in [0.1, 0.15) is 11.1 Å². The average Bonchev–Trinajstić information content (AvgIpc) is 2.06. The van der Waals surface area contributed by atoms with Gasteiger partial charge in [0.1, 0.15) is 5.75 Å². The third-order valence-electron chi connectivity index (χ3n) is 1.81. The first-order valence-corrected chi connectivity index (χ1v) is 6.46. The number of aryl methyl sites for hydroxylation is 1. The molecule has 0 saturated heterocycles. The summed E-state index contributed by atoms with van der Waals surface area (Å²) < 4.78 is 26.7. The van der Waals surface area contributed by atoms with E-state index in [2.05, 4.69) is 0 Å². The molecule has 0 radical (unpaired) electrons. The highest BCUT2D eigenvalue weighted by molar-refractivity contribution is 8.13. The van der Waals surface area contributed by atoms with Crippen LogP contribution < -0.4 is 4.74 Å². The molecule has 5 heteroatoms. The summed E-state index contributed by atoms with van der Waals surface area (Å²) in [5.41, 5.74) is 1.59. The number of methoxy groups -OCH3 is 1. The number of halogens is 1. The van der Waals surface area contributed by atoms with Gasteiger partial charge in [-0.15, -0.1) is 0 Å². The zero-order chi connectivity index (χ0) is 10.8. The SMILES string of the molecule is COc1cc(CS(=O)(=O)Cl)ccc1C. The third kappa shape index (κ3) is 3.20. The van der Waals surface area contributed by atoms with Crippen LogP contribution in [0.25, 0.3) is 0 Å². The van der Waals surface area contributed by atoms with E-state index in [1.807, 2.05) is 6.92 Å². The molecule has 0 aliphatic carbocycles. The highest BCUT2D eigenvalue weighted by Gasteiger charge is 2.08.